The summed E-state index contributed by atoms with van der Waals surface area (Å²) in [6, 6.07) is 6.56. The Hall–Kier alpha value is -1.94. The van der Waals surface area contributed by atoms with Gasteiger partial charge in [-0.1, -0.05) is 29.8 Å². The van der Waals surface area contributed by atoms with E-state index in [1.807, 2.05) is 13.8 Å². The number of nitrogens with zero attached hydrogens (tertiary/aromatic N) is 3. The Labute approximate surface area is 114 Å². The average molecular weight is 276 g/mol. The highest BCUT2D eigenvalue weighted by Gasteiger charge is 2.15. The van der Waals surface area contributed by atoms with Crippen LogP contribution in [0, 0.1) is 19.7 Å². The third kappa shape index (κ3) is 1.79. The van der Waals surface area contributed by atoms with Gasteiger partial charge in [0, 0.05) is 22.4 Å². The molecule has 0 saturated heterocycles. The van der Waals surface area contributed by atoms with Crippen LogP contribution in [-0.2, 0) is 0 Å². The molecule has 0 fully saturated rings. The van der Waals surface area contributed by atoms with Gasteiger partial charge >= 0.3 is 0 Å². The minimum absolute atomic E-state index is 0.298. The number of aromatic nitrogens is 3. The van der Waals surface area contributed by atoms with Gasteiger partial charge in [-0.3, -0.25) is 0 Å². The largest absolute Gasteiger partial charge is 0.233 e. The fourth-order valence-electron chi connectivity index (χ4n) is 2.01. The second kappa shape index (κ2) is 4.31. The first kappa shape index (κ1) is 12.1. The quantitative estimate of drug-likeness (QED) is 0.632. The molecular weight excluding hydrogens is 265 g/mol. The molecule has 0 bridgehead atoms. The van der Waals surface area contributed by atoms with Crippen LogP contribution in [-0.4, -0.2) is 14.6 Å². The first-order chi connectivity index (χ1) is 9.09. The van der Waals surface area contributed by atoms with E-state index in [9.17, 15) is 4.39 Å². The lowest BCUT2D eigenvalue weighted by Gasteiger charge is -2.06. The summed E-state index contributed by atoms with van der Waals surface area (Å²) in [4.78, 5) is 4.46. The molecular formula is C14H11ClFN3. The second-order valence-electron chi connectivity index (χ2n) is 4.39. The number of fused-ring (bicyclic) bond motifs is 1. The van der Waals surface area contributed by atoms with Gasteiger partial charge in [-0.05, 0) is 19.9 Å². The lowest BCUT2D eigenvalue weighted by Crippen LogP contribution is -1.99. The molecule has 19 heavy (non-hydrogen) atoms. The molecule has 2 aromatic heterocycles. The Morgan fingerprint density at radius 1 is 1.16 bits per heavy atom. The van der Waals surface area contributed by atoms with Gasteiger partial charge in [0.1, 0.15) is 11.0 Å². The molecule has 0 amide bonds. The van der Waals surface area contributed by atoms with E-state index in [0.29, 0.717) is 21.9 Å². The zero-order valence-corrected chi connectivity index (χ0v) is 11.2. The van der Waals surface area contributed by atoms with E-state index in [4.69, 9.17) is 11.6 Å². The summed E-state index contributed by atoms with van der Waals surface area (Å²) in [6.45, 7) is 3.76. The number of hydrogen-bond acceptors (Lipinski definition) is 2. The maximum Gasteiger partial charge on any atom is 0.164 e. The second-order valence-corrected chi connectivity index (χ2v) is 4.74. The topological polar surface area (TPSA) is 30.2 Å². The first-order valence-electron chi connectivity index (χ1n) is 5.85. The molecule has 1 aromatic carbocycles. The summed E-state index contributed by atoms with van der Waals surface area (Å²) in [7, 11) is 0. The van der Waals surface area contributed by atoms with E-state index < -0.39 is 0 Å². The monoisotopic (exact) mass is 275 g/mol. The van der Waals surface area contributed by atoms with Gasteiger partial charge in [-0.15, -0.1) is 0 Å². The molecule has 0 aliphatic carbocycles. The van der Waals surface area contributed by atoms with Crippen molar-refractivity contribution in [3.8, 4) is 11.1 Å². The van der Waals surface area contributed by atoms with Crippen molar-refractivity contribution >= 4 is 17.2 Å². The normalized spacial score (nSPS) is 11.2. The Kier molecular flexibility index (Phi) is 2.75. The van der Waals surface area contributed by atoms with Crippen LogP contribution in [0.15, 0.2) is 30.5 Å². The molecule has 0 unspecified atom stereocenters. The maximum atomic E-state index is 13.9. The standard InChI is InChI=1S/C14H11ClFN3/c1-8-9(2)18-14-11(7-17-19(14)13(8)15)10-5-3-4-6-12(10)16/h3-7H,1-2H3. The first-order valence-corrected chi connectivity index (χ1v) is 6.22. The fourth-order valence-corrected chi connectivity index (χ4v) is 2.27. The summed E-state index contributed by atoms with van der Waals surface area (Å²) in [5.41, 5.74) is 3.37. The fraction of sp³-hybridized carbons (Fsp3) is 0.143. The van der Waals surface area contributed by atoms with Crippen molar-refractivity contribution in [2.24, 2.45) is 0 Å². The zero-order chi connectivity index (χ0) is 13.6. The van der Waals surface area contributed by atoms with Crippen molar-refractivity contribution in [2.75, 3.05) is 0 Å². The minimum atomic E-state index is -0.298. The molecule has 2 heterocycles. The molecule has 5 heteroatoms. The molecule has 3 nitrogen and oxygen atoms in total. The summed E-state index contributed by atoms with van der Waals surface area (Å²) < 4.78 is 15.4. The van der Waals surface area contributed by atoms with Crippen molar-refractivity contribution < 1.29 is 4.39 Å². The molecule has 3 rings (SSSR count). The van der Waals surface area contributed by atoms with Gasteiger partial charge in [0.05, 0.1) is 6.20 Å². The van der Waals surface area contributed by atoms with Crippen LogP contribution < -0.4 is 0 Å². The van der Waals surface area contributed by atoms with Crippen LogP contribution in [0.1, 0.15) is 11.3 Å². The summed E-state index contributed by atoms with van der Waals surface area (Å²) in [6.07, 6.45) is 1.59. The van der Waals surface area contributed by atoms with E-state index in [-0.39, 0.29) is 5.82 Å². The minimum Gasteiger partial charge on any atom is -0.233 e. The predicted octanol–water partition coefficient (Wildman–Crippen LogP) is 3.81. The zero-order valence-electron chi connectivity index (χ0n) is 10.5. The molecule has 0 N–H and O–H groups in total. The van der Waals surface area contributed by atoms with Crippen LogP contribution in [0.25, 0.3) is 16.8 Å². The van der Waals surface area contributed by atoms with Crippen LogP contribution in [0.2, 0.25) is 5.15 Å². The highest BCUT2D eigenvalue weighted by Crippen LogP contribution is 2.29. The van der Waals surface area contributed by atoms with Crippen LogP contribution in [0.4, 0.5) is 4.39 Å². The highest BCUT2D eigenvalue weighted by atomic mass is 35.5. The molecule has 0 spiro atoms. The van der Waals surface area contributed by atoms with Gasteiger partial charge in [0.2, 0.25) is 0 Å². The van der Waals surface area contributed by atoms with Crippen LogP contribution in [0.3, 0.4) is 0 Å². The molecule has 96 valence electrons. The predicted molar refractivity (Wildman–Crippen MR) is 72.9 cm³/mol. The molecule has 0 atom stereocenters. The molecule has 0 aliphatic rings. The number of benzene rings is 1. The Balaban J connectivity index is 2.36. The van der Waals surface area contributed by atoms with Crippen molar-refractivity contribution in [1.82, 2.24) is 14.6 Å². The van der Waals surface area contributed by atoms with Gasteiger partial charge in [-0.25, -0.2) is 13.9 Å². The summed E-state index contributed by atoms with van der Waals surface area (Å²) in [5.74, 6) is -0.298. The van der Waals surface area contributed by atoms with E-state index in [1.165, 1.54) is 10.6 Å². The average Bonchev–Trinajstić information content (AvgIpc) is 2.80. The van der Waals surface area contributed by atoms with E-state index >= 15 is 0 Å². The van der Waals surface area contributed by atoms with Crippen molar-refractivity contribution in [1.29, 1.82) is 0 Å². The Bertz CT molecular complexity index is 780. The van der Waals surface area contributed by atoms with Gasteiger partial charge in [0.25, 0.3) is 0 Å². The van der Waals surface area contributed by atoms with Gasteiger partial charge < -0.3 is 0 Å². The van der Waals surface area contributed by atoms with Crippen LogP contribution in [0.5, 0.6) is 0 Å². The number of rotatable bonds is 1. The van der Waals surface area contributed by atoms with E-state index in [1.54, 1.807) is 24.4 Å². The molecule has 0 aliphatic heterocycles. The SMILES string of the molecule is Cc1nc2c(-c3ccccc3F)cnn2c(Cl)c1C. The Morgan fingerprint density at radius 2 is 1.89 bits per heavy atom. The molecule has 0 saturated carbocycles. The lowest BCUT2D eigenvalue weighted by atomic mass is 10.1. The maximum absolute atomic E-state index is 13.9. The smallest absolute Gasteiger partial charge is 0.164 e. The number of aryl methyl sites for hydroxylation is 1. The third-order valence-corrected chi connectivity index (χ3v) is 3.66. The van der Waals surface area contributed by atoms with Gasteiger partial charge in [0.15, 0.2) is 5.65 Å². The van der Waals surface area contributed by atoms with E-state index in [0.717, 1.165) is 11.3 Å². The van der Waals surface area contributed by atoms with Crippen molar-refractivity contribution in [2.45, 2.75) is 13.8 Å². The Morgan fingerprint density at radius 3 is 2.63 bits per heavy atom. The van der Waals surface area contributed by atoms with Crippen LogP contribution >= 0.6 is 11.6 Å². The molecule has 0 radical (unpaired) electrons. The number of hydrogen-bond donors (Lipinski definition) is 0. The third-order valence-electron chi connectivity index (χ3n) is 3.22. The van der Waals surface area contributed by atoms with E-state index in [2.05, 4.69) is 10.1 Å². The summed E-state index contributed by atoms with van der Waals surface area (Å²) in [5, 5.41) is 4.70. The lowest BCUT2D eigenvalue weighted by molar-refractivity contribution is 0.631. The summed E-state index contributed by atoms with van der Waals surface area (Å²) >= 11 is 6.24. The van der Waals surface area contributed by atoms with Gasteiger partial charge in [-0.2, -0.15) is 5.10 Å². The highest BCUT2D eigenvalue weighted by molar-refractivity contribution is 6.30. The number of halogens is 2. The van der Waals surface area contributed by atoms with Crippen molar-refractivity contribution in [3.63, 3.8) is 0 Å². The van der Waals surface area contributed by atoms with Crippen molar-refractivity contribution in [3.05, 3.63) is 52.7 Å². The molecule has 3 aromatic rings.